The lowest BCUT2D eigenvalue weighted by molar-refractivity contribution is -0.384. The molecule has 0 aliphatic carbocycles. The molecule has 158 valence electrons. The number of carbonyl (C=O) groups is 1. The second-order valence-electron chi connectivity index (χ2n) is 7.26. The number of nitrogens with one attached hydrogen (secondary N) is 1. The maximum absolute atomic E-state index is 12.2. The zero-order chi connectivity index (χ0) is 22.2. The largest absolute Gasteiger partial charge is 0.489 e. The van der Waals surface area contributed by atoms with E-state index >= 15 is 0 Å². The summed E-state index contributed by atoms with van der Waals surface area (Å²) in [6.07, 6.45) is 1.36. The van der Waals surface area contributed by atoms with Gasteiger partial charge in [-0.2, -0.15) is 5.10 Å². The van der Waals surface area contributed by atoms with Crippen molar-refractivity contribution >= 4 is 17.8 Å². The summed E-state index contributed by atoms with van der Waals surface area (Å²) in [6, 6.07) is 21.0. The first-order valence-electron chi connectivity index (χ1n) is 9.82. The van der Waals surface area contributed by atoms with Crippen molar-refractivity contribution in [3.05, 3.63) is 105 Å². The normalized spacial score (nSPS) is 10.9. The SMILES string of the molecule is CC(C)c1ccc(OCc2ccc(C(=O)N/N=C/c3cccc([N+](=O)[O-])c3)cc2)cc1. The van der Waals surface area contributed by atoms with Gasteiger partial charge in [-0.3, -0.25) is 14.9 Å². The van der Waals surface area contributed by atoms with Crippen molar-refractivity contribution in [3.8, 4) is 5.75 Å². The fourth-order valence-corrected chi connectivity index (χ4v) is 2.82. The van der Waals surface area contributed by atoms with Crippen molar-refractivity contribution in [2.24, 2.45) is 5.10 Å². The molecule has 3 aromatic carbocycles. The lowest BCUT2D eigenvalue weighted by Crippen LogP contribution is -2.17. The Morgan fingerprint density at radius 2 is 1.81 bits per heavy atom. The number of benzene rings is 3. The molecular weight excluding hydrogens is 394 g/mol. The monoisotopic (exact) mass is 417 g/mol. The van der Waals surface area contributed by atoms with Gasteiger partial charge in [0, 0.05) is 23.3 Å². The molecule has 0 saturated heterocycles. The Morgan fingerprint density at radius 3 is 2.45 bits per heavy atom. The van der Waals surface area contributed by atoms with Crippen LogP contribution in [-0.2, 0) is 6.61 Å². The second kappa shape index (κ2) is 10.2. The molecule has 0 spiro atoms. The van der Waals surface area contributed by atoms with E-state index in [0.29, 0.717) is 23.7 Å². The maximum Gasteiger partial charge on any atom is 0.271 e. The van der Waals surface area contributed by atoms with E-state index in [0.717, 1.165) is 11.3 Å². The molecule has 0 unspecified atom stereocenters. The number of hydrazone groups is 1. The standard InChI is InChI=1S/C24H23N3O4/c1-17(2)20-10-12-23(13-11-20)31-16-18-6-8-21(9-7-18)24(28)26-25-15-19-4-3-5-22(14-19)27(29)30/h3-15,17H,16H2,1-2H3,(H,26,28)/b25-15+. The molecule has 0 radical (unpaired) electrons. The number of carbonyl (C=O) groups excluding carboxylic acids is 1. The maximum atomic E-state index is 12.2. The summed E-state index contributed by atoms with van der Waals surface area (Å²) in [6.45, 7) is 4.69. The van der Waals surface area contributed by atoms with Crippen molar-refractivity contribution < 1.29 is 14.5 Å². The smallest absolute Gasteiger partial charge is 0.271 e. The lowest BCUT2D eigenvalue weighted by atomic mass is 10.0. The zero-order valence-electron chi connectivity index (χ0n) is 17.3. The predicted octanol–water partition coefficient (Wildman–Crippen LogP) is 5.06. The first-order valence-corrected chi connectivity index (χ1v) is 9.82. The van der Waals surface area contributed by atoms with Crippen molar-refractivity contribution in [1.82, 2.24) is 5.43 Å². The number of hydrogen-bond donors (Lipinski definition) is 1. The summed E-state index contributed by atoms with van der Waals surface area (Å²) in [5.41, 5.74) is 5.54. The fraction of sp³-hybridized carbons (Fsp3) is 0.167. The van der Waals surface area contributed by atoms with Crippen LogP contribution in [0.25, 0.3) is 0 Å². The van der Waals surface area contributed by atoms with Gasteiger partial charge in [0.15, 0.2) is 0 Å². The number of hydrogen-bond acceptors (Lipinski definition) is 5. The number of nitro groups is 1. The Morgan fingerprint density at radius 1 is 1.10 bits per heavy atom. The minimum atomic E-state index is -0.484. The molecule has 0 saturated carbocycles. The average molecular weight is 417 g/mol. The van der Waals surface area contributed by atoms with Crippen LogP contribution >= 0.6 is 0 Å². The van der Waals surface area contributed by atoms with Crippen LogP contribution < -0.4 is 10.2 Å². The van der Waals surface area contributed by atoms with Crippen LogP contribution in [0.4, 0.5) is 5.69 Å². The van der Waals surface area contributed by atoms with E-state index in [1.54, 1.807) is 24.3 Å². The minimum Gasteiger partial charge on any atom is -0.489 e. The molecule has 7 nitrogen and oxygen atoms in total. The highest BCUT2D eigenvalue weighted by molar-refractivity contribution is 5.94. The molecule has 0 atom stereocenters. The van der Waals surface area contributed by atoms with Crippen LogP contribution in [0.3, 0.4) is 0 Å². The van der Waals surface area contributed by atoms with E-state index in [9.17, 15) is 14.9 Å². The van der Waals surface area contributed by atoms with Gasteiger partial charge in [-0.15, -0.1) is 0 Å². The number of ether oxygens (including phenoxy) is 1. The average Bonchev–Trinajstić information content (AvgIpc) is 2.78. The van der Waals surface area contributed by atoms with Gasteiger partial charge in [-0.05, 0) is 41.3 Å². The molecule has 0 bridgehead atoms. The van der Waals surface area contributed by atoms with E-state index in [1.165, 1.54) is 23.9 Å². The molecule has 3 aromatic rings. The molecule has 0 heterocycles. The van der Waals surface area contributed by atoms with Crippen LogP contribution in [0.15, 0.2) is 77.9 Å². The summed E-state index contributed by atoms with van der Waals surface area (Å²) in [5.74, 6) is 0.892. The molecular formula is C24H23N3O4. The van der Waals surface area contributed by atoms with Gasteiger partial charge in [0.25, 0.3) is 11.6 Å². The third-order valence-corrected chi connectivity index (χ3v) is 4.63. The summed E-state index contributed by atoms with van der Waals surface area (Å²) in [7, 11) is 0. The quantitative estimate of drug-likeness (QED) is 0.315. The van der Waals surface area contributed by atoms with Gasteiger partial charge in [0.05, 0.1) is 11.1 Å². The Kier molecular flexibility index (Phi) is 7.11. The predicted molar refractivity (Wildman–Crippen MR) is 119 cm³/mol. The number of nitrogens with zero attached hydrogens (tertiary/aromatic N) is 2. The first kappa shape index (κ1) is 21.7. The molecule has 1 amide bonds. The van der Waals surface area contributed by atoms with Gasteiger partial charge in [0.1, 0.15) is 12.4 Å². The number of rotatable bonds is 8. The van der Waals surface area contributed by atoms with E-state index in [4.69, 9.17) is 4.74 Å². The highest BCUT2D eigenvalue weighted by atomic mass is 16.6. The number of amides is 1. The molecule has 0 aliphatic rings. The van der Waals surface area contributed by atoms with Crippen LogP contribution in [0.2, 0.25) is 0 Å². The molecule has 0 aliphatic heterocycles. The van der Waals surface area contributed by atoms with Crippen molar-refractivity contribution in [3.63, 3.8) is 0 Å². The van der Waals surface area contributed by atoms with Gasteiger partial charge in [-0.25, -0.2) is 5.43 Å². The van der Waals surface area contributed by atoms with Gasteiger partial charge in [0.2, 0.25) is 0 Å². The van der Waals surface area contributed by atoms with Crippen LogP contribution in [-0.4, -0.2) is 17.0 Å². The first-order chi connectivity index (χ1) is 14.9. The zero-order valence-corrected chi connectivity index (χ0v) is 17.3. The molecule has 1 N–H and O–H groups in total. The van der Waals surface area contributed by atoms with Crippen LogP contribution in [0.5, 0.6) is 5.75 Å². The Balaban J connectivity index is 1.52. The minimum absolute atomic E-state index is 0.0380. The van der Waals surface area contributed by atoms with E-state index in [2.05, 4.69) is 36.5 Å². The van der Waals surface area contributed by atoms with Gasteiger partial charge in [-0.1, -0.05) is 50.2 Å². The Bertz CT molecular complexity index is 1070. The Hall–Kier alpha value is -4.00. The van der Waals surface area contributed by atoms with E-state index < -0.39 is 4.92 Å². The third kappa shape index (κ3) is 6.24. The van der Waals surface area contributed by atoms with Gasteiger partial charge >= 0.3 is 0 Å². The third-order valence-electron chi connectivity index (χ3n) is 4.63. The molecule has 7 heteroatoms. The summed E-state index contributed by atoms with van der Waals surface area (Å²) in [4.78, 5) is 22.5. The van der Waals surface area contributed by atoms with E-state index in [-0.39, 0.29) is 11.6 Å². The lowest BCUT2D eigenvalue weighted by Gasteiger charge is -2.09. The Labute approximate surface area is 180 Å². The van der Waals surface area contributed by atoms with E-state index in [1.807, 2.05) is 24.3 Å². The molecule has 0 fully saturated rings. The number of nitro benzene ring substituents is 1. The second-order valence-corrected chi connectivity index (χ2v) is 7.26. The van der Waals surface area contributed by atoms with Crippen LogP contribution in [0.1, 0.15) is 46.8 Å². The fourth-order valence-electron chi connectivity index (χ4n) is 2.82. The van der Waals surface area contributed by atoms with Crippen molar-refractivity contribution in [2.45, 2.75) is 26.4 Å². The highest BCUT2D eigenvalue weighted by Crippen LogP contribution is 2.19. The summed E-state index contributed by atoms with van der Waals surface area (Å²) >= 11 is 0. The molecule has 3 rings (SSSR count). The van der Waals surface area contributed by atoms with Gasteiger partial charge < -0.3 is 4.74 Å². The van der Waals surface area contributed by atoms with Crippen molar-refractivity contribution in [2.75, 3.05) is 0 Å². The summed E-state index contributed by atoms with van der Waals surface area (Å²) in [5, 5.41) is 14.7. The topological polar surface area (TPSA) is 93.8 Å². The van der Waals surface area contributed by atoms with Crippen molar-refractivity contribution in [1.29, 1.82) is 0 Å². The highest BCUT2D eigenvalue weighted by Gasteiger charge is 2.06. The molecule has 0 aromatic heterocycles. The number of non-ortho nitro benzene ring substituents is 1. The van der Waals surface area contributed by atoms with Crippen LogP contribution in [0, 0.1) is 10.1 Å². The molecule has 31 heavy (non-hydrogen) atoms. The summed E-state index contributed by atoms with van der Waals surface area (Å²) < 4.78 is 5.80.